The third-order valence-corrected chi connectivity index (χ3v) is 6.42. The number of hydrogen-bond donors (Lipinski definition) is 1. The molecule has 0 aliphatic carbocycles. The lowest BCUT2D eigenvalue weighted by Gasteiger charge is -2.13. The second-order valence-corrected chi connectivity index (χ2v) is 8.59. The van der Waals surface area contributed by atoms with Crippen LogP contribution >= 0.6 is 35.0 Å². The number of benzene rings is 2. The van der Waals surface area contributed by atoms with Crippen LogP contribution in [0.15, 0.2) is 52.4 Å². The van der Waals surface area contributed by atoms with Gasteiger partial charge in [-0.25, -0.2) is 4.98 Å². The minimum absolute atomic E-state index is 0.0714. The van der Waals surface area contributed by atoms with Crippen molar-refractivity contribution >= 4 is 57.5 Å². The quantitative estimate of drug-likeness (QED) is 0.239. The Morgan fingerprint density at radius 1 is 1.10 bits per heavy atom. The van der Waals surface area contributed by atoms with E-state index in [2.05, 4.69) is 17.2 Å². The number of rotatable bonds is 9. The van der Waals surface area contributed by atoms with E-state index in [1.807, 2.05) is 18.2 Å². The molecule has 1 N–H and O–H groups in total. The molecular formula is C22H23Cl2N3O2S. The predicted molar refractivity (Wildman–Crippen MR) is 126 cm³/mol. The van der Waals surface area contributed by atoms with Gasteiger partial charge in [0.25, 0.3) is 5.56 Å². The molecule has 0 bridgehead atoms. The molecule has 158 valence electrons. The summed E-state index contributed by atoms with van der Waals surface area (Å²) >= 11 is 13.4. The Morgan fingerprint density at radius 2 is 1.90 bits per heavy atom. The first-order valence-electron chi connectivity index (χ1n) is 9.87. The van der Waals surface area contributed by atoms with Crippen molar-refractivity contribution in [3.63, 3.8) is 0 Å². The largest absolute Gasteiger partial charge is 0.324 e. The molecule has 1 aromatic heterocycles. The van der Waals surface area contributed by atoms with Crippen LogP contribution < -0.4 is 10.9 Å². The summed E-state index contributed by atoms with van der Waals surface area (Å²) in [5.74, 6) is -0.146. The molecule has 30 heavy (non-hydrogen) atoms. The first-order valence-corrected chi connectivity index (χ1v) is 11.6. The summed E-state index contributed by atoms with van der Waals surface area (Å²) in [6, 6.07) is 12.4. The number of anilines is 1. The van der Waals surface area contributed by atoms with Gasteiger partial charge >= 0.3 is 0 Å². The molecule has 1 amide bonds. The summed E-state index contributed by atoms with van der Waals surface area (Å²) in [4.78, 5) is 30.1. The minimum Gasteiger partial charge on any atom is -0.324 e. The summed E-state index contributed by atoms with van der Waals surface area (Å²) in [5.41, 5.74) is 1.02. The van der Waals surface area contributed by atoms with E-state index in [4.69, 9.17) is 23.2 Å². The fourth-order valence-corrected chi connectivity index (χ4v) is 4.24. The van der Waals surface area contributed by atoms with Gasteiger partial charge in [-0.05, 0) is 30.7 Å². The molecule has 1 heterocycles. The van der Waals surface area contributed by atoms with Crippen molar-refractivity contribution in [2.75, 3.05) is 11.1 Å². The first-order chi connectivity index (χ1) is 14.5. The van der Waals surface area contributed by atoms with Gasteiger partial charge in [0.2, 0.25) is 5.91 Å². The standard InChI is InChI=1S/C22H23Cl2N3O2S/c1-2-3-4-7-13-27-21(29)15-9-5-6-11-17(15)26-22(27)30-14-19(28)25-18-12-8-10-16(23)20(18)24/h5-6,8-12H,2-4,7,13-14H2,1H3,(H,25,28). The summed E-state index contributed by atoms with van der Waals surface area (Å²) in [5, 5.41) is 4.57. The minimum atomic E-state index is -0.246. The van der Waals surface area contributed by atoms with Gasteiger partial charge in [0.05, 0.1) is 32.4 Å². The maximum atomic E-state index is 13.0. The highest BCUT2D eigenvalue weighted by atomic mass is 35.5. The highest BCUT2D eigenvalue weighted by Gasteiger charge is 2.14. The lowest BCUT2D eigenvalue weighted by Crippen LogP contribution is -2.24. The molecule has 0 fully saturated rings. The maximum Gasteiger partial charge on any atom is 0.262 e. The second kappa shape index (κ2) is 10.8. The zero-order valence-electron chi connectivity index (χ0n) is 16.7. The topological polar surface area (TPSA) is 64.0 Å². The Balaban J connectivity index is 1.78. The number of nitrogens with zero attached hydrogens (tertiary/aromatic N) is 2. The fourth-order valence-electron chi connectivity index (χ4n) is 3.07. The van der Waals surface area contributed by atoms with E-state index < -0.39 is 0 Å². The third kappa shape index (κ3) is 5.56. The van der Waals surface area contributed by atoms with Gasteiger partial charge in [-0.15, -0.1) is 0 Å². The zero-order valence-corrected chi connectivity index (χ0v) is 19.0. The average molecular weight is 464 g/mol. The number of fused-ring (bicyclic) bond motifs is 1. The van der Waals surface area contributed by atoms with Crippen LogP contribution in [-0.2, 0) is 11.3 Å². The van der Waals surface area contributed by atoms with Gasteiger partial charge in [0, 0.05) is 6.54 Å². The molecule has 0 spiro atoms. The Labute approximate surface area is 189 Å². The van der Waals surface area contributed by atoms with E-state index in [0.29, 0.717) is 38.3 Å². The highest BCUT2D eigenvalue weighted by molar-refractivity contribution is 7.99. The lowest BCUT2D eigenvalue weighted by molar-refractivity contribution is -0.113. The Hall–Kier alpha value is -2.02. The van der Waals surface area contributed by atoms with Crippen molar-refractivity contribution in [2.24, 2.45) is 0 Å². The van der Waals surface area contributed by atoms with Gasteiger partial charge < -0.3 is 5.32 Å². The summed E-state index contributed by atoms with van der Waals surface area (Å²) < 4.78 is 1.68. The zero-order chi connectivity index (χ0) is 21.5. The number of nitrogens with one attached hydrogen (secondary N) is 1. The Morgan fingerprint density at radius 3 is 2.70 bits per heavy atom. The van der Waals surface area contributed by atoms with Crippen LogP contribution in [-0.4, -0.2) is 21.2 Å². The SMILES string of the molecule is CCCCCCn1c(SCC(=O)Nc2cccc(Cl)c2Cl)nc2ccccc2c1=O. The molecule has 3 rings (SSSR count). The number of halogens is 2. The van der Waals surface area contributed by atoms with Crippen molar-refractivity contribution in [3.05, 3.63) is 62.9 Å². The van der Waals surface area contributed by atoms with Crippen LogP contribution in [0.2, 0.25) is 10.0 Å². The molecule has 0 aliphatic heterocycles. The van der Waals surface area contributed by atoms with Crippen LogP contribution in [0.4, 0.5) is 5.69 Å². The van der Waals surface area contributed by atoms with Gasteiger partial charge in [-0.3, -0.25) is 14.2 Å². The van der Waals surface area contributed by atoms with E-state index in [9.17, 15) is 9.59 Å². The third-order valence-electron chi connectivity index (χ3n) is 4.62. The van der Waals surface area contributed by atoms with Crippen molar-refractivity contribution in [3.8, 4) is 0 Å². The summed E-state index contributed by atoms with van der Waals surface area (Å²) in [6.07, 6.45) is 4.19. The normalized spacial score (nSPS) is 11.0. The molecule has 8 heteroatoms. The van der Waals surface area contributed by atoms with Gasteiger partial charge in [-0.1, -0.05) is 79.3 Å². The van der Waals surface area contributed by atoms with Crippen LogP contribution in [0.3, 0.4) is 0 Å². The molecule has 0 radical (unpaired) electrons. The number of unbranched alkanes of at least 4 members (excludes halogenated alkanes) is 3. The Kier molecular flexibility index (Phi) is 8.19. The summed E-state index contributed by atoms with van der Waals surface area (Å²) in [7, 11) is 0. The summed E-state index contributed by atoms with van der Waals surface area (Å²) in [6.45, 7) is 2.73. The van der Waals surface area contributed by atoms with Crippen molar-refractivity contribution < 1.29 is 4.79 Å². The smallest absolute Gasteiger partial charge is 0.262 e. The highest BCUT2D eigenvalue weighted by Crippen LogP contribution is 2.29. The van der Waals surface area contributed by atoms with E-state index in [1.54, 1.807) is 28.8 Å². The van der Waals surface area contributed by atoms with E-state index in [1.165, 1.54) is 11.8 Å². The molecule has 3 aromatic rings. The van der Waals surface area contributed by atoms with E-state index in [-0.39, 0.29) is 17.2 Å². The van der Waals surface area contributed by atoms with Crippen LogP contribution in [0.25, 0.3) is 10.9 Å². The van der Waals surface area contributed by atoms with E-state index >= 15 is 0 Å². The van der Waals surface area contributed by atoms with Crippen molar-refractivity contribution in [1.82, 2.24) is 9.55 Å². The van der Waals surface area contributed by atoms with Gasteiger partial charge in [0.15, 0.2) is 5.16 Å². The molecule has 2 aromatic carbocycles. The van der Waals surface area contributed by atoms with E-state index in [0.717, 1.165) is 25.7 Å². The van der Waals surface area contributed by atoms with Crippen LogP contribution in [0.5, 0.6) is 0 Å². The molecule has 5 nitrogen and oxygen atoms in total. The second-order valence-electron chi connectivity index (χ2n) is 6.87. The fraction of sp³-hybridized carbons (Fsp3) is 0.318. The van der Waals surface area contributed by atoms with Crippen LogP contribution in [0.1, 0.15) is 32.6 Å². The number of para-hydroxylation sites is 1. The number of amides is 1. The number of hydrogen-bond acceptors (Lipinski definition) is 4. The lowest BCUT2D eigenvalue weighted by atomic mass is 10.2. The predicted octanol–water partition coefficient (Wildman–Crippen LogP) is 6.01. The maximum absolute atomic E-state index is 13.0. The number of aromatic nitrogens is 2. The van der Waals surface area contributed by atoms with Crippen molar-refractivity contribution in [1.29, 1.82) is 0 Å². The number of thioether (sulfide) groups is 1. The van der Waals surface area contributed by atoms with Gasteiger partial charge in [-0.2, -0.15) is 0 Å². The molecular weight excluding hydrogens is 441 g/mol. The van der Waals surface area contributed by atoms with Crippen LogP contribution in [0, 0.1) is 0 Å². The molecule has 0 unspecified atom stereocenters. The monoisotopic (exact) mass is 463 g/mol. The molecule has 0 saturated heterocycles. The molecule has 0 saturated carbocycles. The first kappa shape index (κ1) is 22.7. The van der Waals surface area contributed by atoms with Gasteiger partial charge in [0.1, 0.15) is 0 Å². The number of carbonyl (C=O) groups is 1. The average Bonchev–Trinajstić information content (AvgIpc) is 2.74. The van der Waals surface area contributed by atoms with Crippen molar-refractivity contribution in [2.45, 2.75) is 44.3 Å². The number of carbonyl (C=O) groups excluding carboxylic acids is 1. The molecule has 0 aliphatic rings. The molecule has 0 atom stereocenters. The Bertz CT molecular complexity index is 1100.